The minimum absolute atomic E-state index is 0.0144. The molecule has 0 radical (unpaired) electrons. The highest BCUT2D eigenvalue weighted by Gasteiger charge is 2.24. The maximum absolute atomic E-state index is 12.9. The Kier molecular flexibility index (Phi) is 7.77. The number of nitrogens with zero attached hydrogens (tertiary/aromatic N) is 2. The third kappa shape index (κ3) is 5.48. The molecular weight excluding hydrogens is 412 g/mol. The molecule has 2 aromatic rings. The van der Waals surface area contributed by atoms with Crippen LogP contribution in [0.3, 0.4) is 0 Å². The summed E-state index contributed by atoms with van der Waals surface area (Å²) in [6.45, 7) is 9.66. The standard InChI is InChI=1S/C24H31ClN4O2/c1-15(2)23(18-7-9-19(25)10-8-18)27-13-22(30)28-24-21(12-26)16(3)17(4)29(24)14-20-6-5-11-31-20/h7-10,15,20,23,27H,5-6,11,13-14H2,1-4H3,(H,28,30). The molecule has 0 aliphatic carbocycles. The van der Waals surface area contributed by atoms with Gasteiger partial charge in [-0.05, 0) is 55.9 Å². The van der Waals surface area contributed by atoms with Gasteiger partial charge in [0.05, 0.1) is 24.8 Å². The number of halogens is 1. The molecule has 1 aromatic carbocycles. The van der Waals surface area contributed by atoms with Crippen molar-refractivity contribution in [1.29, 1.82) is 5.26 Å². The van der Waals surface area contributed by atoms with Crippen LogP contribution in [0.25, 0.3) is 0 Å². The number of hydrogen-bond donors (Lipinski definition) is 2. The van der Waals surface area contributed by atoms with Crippen molar-refractivity contribution in [3.8, 4) is 6.07 Å². The van der Waals surface area contributed by atoms with E-state index in [-0.39, 0.29) is 30.5 Å². The van der Waals surface area contributed by atoms with Gasteiger partial charge in [0.1, 0.15) is 11.9 Å². The highest BCUT2D eigenvalue weighted by atomic mass is 35.5. The second kappa shape index (κ2) is 10.3. The van der Waals surface area contributed by atoms with Crippen LogP contribution >= 0.6 is 11.6 Å². The second-order valence-electron chi connectivity index (χ2n) is 8.49. The molecule has 1 aliphatic heterocycles. The van der Waals surface area contributed by atoms with E-state index in [9.17, 15) is 10.1 Å². The number of ether oxygens (including phenoxy) is 1. The van der Waals surface area contributed by atoms with Gasteiger partial charge in [0, 0.05) is 23.4 Å². The third-order valence-electron chi connectivity index (χ3n) is 5.99. The first kappa shape index (κ1) is 23.3. The number of hydrogen-bond acceptors (Lipinski definition) is 4. The van der Waals surface area contributed by atoms with Crippen molar-refractivity contribution in [3.63, 3.8) is 0 Å². The minimum Gasteiger partial charge on any atom is -0.376 e. The number of nitriles is 1. The molecule has 7 heteroatoms. The Morgan fingerprint density at radius 3 is 2.61 bits per heavy atom. The molecule has 1 amide bonds. The van der Waals surface area contributed by atoms with E-state index in [4.69, 9.17) is 16.3 Å². The van der Waals surface area contributed by atoms with Crippen molar-refractivity contribution in [2.75, 3.05) is 18.5 Å². The first-order valence-corrected chi connectivity index (χ1v) is 11.2. The lowest BCUT2D eigenvalue weighted by Gasteiger charge is -2.23. The van der Waals surface area contributed by atoms with Crippen LogP contribution in [-0.2, 0) is 16.1 Å². The van der Waals surface area contributed by atoms with E-state index in [2.05, 4.69) is 30.6 Å². The molecule has 31 heavy (non-hydrogen) atoms. The first-order chi connectivity index (χ1) is 14.8. The largest absolute Gasteiger partial charge is 0.376 e. The molecule has 2 N–H and O–H groups in total. The SMILES string of the molecule is Cc1c(C#N)c(NC(=O)CNC(c2ccc(Cl)cc2)C(C)C)n(CC2CCCO2)c1C. The first-order valence-electron chi connectivity index (χ1n) is 10.8. The van der Waals surface area contributed by atoms with Gasteiger partial charge in [-0.1, -0.05) is 37.6 Å². The van der Waals surface area contributed by atoms with Crippen LogP contribution in [0.4, 0.5) is 5.82 Å². The molecular formula is C24H31ClN4O2. The molecule has 2 heterocycles. The quantitative estimate of drug-likeness (QED) is 0.619. The fourth-order valence-corrected chi connectivity index (χ4v) is 4.26. The van der Waals surface area contributed by atoms with E-state index < -0.39 is 0 Å². The normalized spacial score (nSPS) is 17.0. The molecule has 1 fully saturated rings. The molecule has 2 unspecified atom stereocenters. The Morgan fingerprint density at radius 2 is 2.03 bits per heavy atom. The van der Waals surface area contributed by atoms with Crippen LogP contribution in [0, 0.1) is 31.1 Å². The molecule has 6 nitrogen and oxygen atoms in total. The number of anilines is 1. The summed E-state index contributed by atoms with van der Waals surface area (Å²) in [6.07, 6.45) is 2.15. The fourth-order valence-electron chi connectivity index (χ4n) is 4.14. The summed E-state index contributed by atoms with van der Waals surface area (Å²) in [5.74, 6) is 0.672. The number of carbonyl (C=O) groups excluding carboxylic acids is 1. The zero-order valence-electron chi connectivity index (χ0n) is 18.7. The zero-order valence-corrected chi connectivity index (χ0v) is 19.4. The van der Waals surface area contributed by atoms with Gasteiger partial charge in [-0.3, -0.25) is 4.79 Å². The summed E-state index contributed by atoms with van der Waals surface area (Å²) in [5, 5.41) is 16.7. The van der Waals surface area contributed by atoms with Gasteiger partial charge >= 0.3 is 0 Å². The second-order valence-corrected chi connectivity index (χ2v) is 8.93. The van der Waals surface area contributed by atoms with E-state index >= 15 is 0 Å². The molecule has 166 valence electrons. The molecule has 0 saturated carbocycles. The van der Waals surface area contributed by atoms with E-state index in [1.807, 2.05) is 42.7 Å². The zero-order chi connectivity index (χ0) is 22.5. The predicted octanol–water partition coefficient (Wildman–Crippen LogP) is 4.73. The van der Waals surface area contributed by atoms with Crippen LogP contribution < -0.4 is 10.6 Å². The maximum atomic E-state index is 12.9. The minimum atomic E-state index is -0.179. The van der Waals surface area contributed by atoms with Crippen LogP contribution in [0.2, 0.25) is 5.02 Å². The lowest BCUT2D eigenvalue weighted by molar-refractivity contribution is -0.115. The molecule has 3 rings (SSSR count). The van der Waals surface area contributed by atoms with Gasteiger partial charge < -0.3 is 19.9 Å². The van der Waals surface area contributed by atoms with Gasteiger partial charge in [-0.2, -0.15) is 5.26 Å². The average Bonchev–Trinajstić information content (AvgIpc) is 3.32. The van der Waals surface area contributed by atoms with Gasteiger partial charge in [-0.15, -0.1) is 0 Å². The predicted molar refractivity (Wildman–Crippen MR) is 123 cm³/mol. The summed E-state index contributed by atoms with van der Waals surface area (Å²) in [5.41, 5.74) is 3.47. The molecule has 1 aliphatic rings. The van der Waals surface area contributed by atoms with Crippen LogP contribution in [-0.4, -0.2) is 29.7 Å². The van der Waals surface area contributed by atoms with E-state index in [0.29, 0.717) is 22.9 Å². The smallest absolute Gasteiger partial charge is 0.239 e. The molecule has 2 atom stereocenters. The van der Waals surface area contributed by atoms with E-state index in [1.54, 1.807) is 0 Å². The van der Waals surface area contributed by atoms with E-state index in [1.165, 1.54) is 0 Å². The number of benzene rings is 1. The Bertz CT molecular complexity index is 953. The monoisotopic (exact) mass is 442 g/mol. The Morgan fingerprint density at radius 1 is 1.32 bits per heavy atom. The van der Waals surface area contributed by atoms with Crippen molar-refractivity contribution in [1.82, 2.24) is 9.88 Å². The lowest BCUT2D eigenvalue weighted by Crippen LogP contribution is -2.34. The number of nitrogens with one attached hydrogen (secondary N) is 2. The lowest BCUT2D eigenvalue weighted by atomic mass is 9.96. The van der Waals surface area contributed by atoms with Crippen molar-refractivity contribution in [2.45, 2.75) is 59.2 Å². The summed E-state index contributed by atoms with van der Waals surface area (Å²) in [6, 6.07) is 9.95. The maximum Gasteiger partial charge on any atom is 0.239 e. The Labute approximate surface area is 189 Å². The number of rotatable bonds is 8. The number of carbonyl (C=O) groups is 1. The third-order valence-corrected chi connectivity index (χ3v) is 6.24. The van der Waals surface area contributed by atoms with Gasteiger partial charge in [0.25, 0.3) is 0 Å². The highest BCUT2D eigenvalue weighted by molar-refractivity contribution is 6.30. The summed E-state index contributed by atoms with van der Waals surface area (Å²) < 4.78 is 7.79. The molecule has 0 bridgehead atoms. The van der Waals surface area contributed by atoms with Gasteiger partial charge in [-0.25, -0.2) is 0 Å². The van der Waals surface area contributed by atoms with Crippen molar-refractivity contribution in [3.05, 3.63) is 51.7 Å². The average molecular weight is 443 g/mol. The summed E-state index contributed by atoms with van der Waals surface area (Å²) in [4.78, 5) is 12.9. The summed E-state index contributed by atoms with van der Waals surface area (Å²) >= 11 is 6.01. The molecule has 1 aromatic heterocycles. The van der Waals surface area contributed by atoms with Crippen LogP contribution in [0.5, 0.6) is 0 Å². The van der Waals surface area contributed by atoms with Crippen molar-refractivity contribution < 1.29 is 9.53 Å². The van der Waals surface area contributed by atoms with Crippen LogP contribution in [0.1, 0.15) is 55.1 Å². The topological polar surface area (TPSA) is 79.1 Å². The fraction of sp³-hybridized carbons (Fsp3) is 0.500. The van der Waals surface area contributed by atoms with Gasteiger partial charge in [0.15, 0.2) is 0 Å². The number of aromatic nitrogens is 1. The van der Waals surface area contributed by atoms with Crippen molar-refractivity contribution >= 4 is 23.3 Å². The molecule has 1 saturated heterocycles. The summed E-state index contributed by atoms with van der Waals surface area (Å²) in [7, 11) is 0. The van der Waals surface area contributed by atoms with E-state index in [0.717, 1.165) is 36.3 Å². The molecule has 0 spiro atoms. The van der Waals surface area contributed by atoms with Crippen molar-refractivity contribution in [2.24, 2.45) is 5.92 Å². The van der Waals surface area contributed by atoms with Gasteiger partial charge in [0.2, 0.25) is 5.91 Å². The number of amides is 1. The Hall–Kier alpha value is -2.33. The van der Waals surface area contributed by atoms with Crippen LogP contribution in [0.15, 0.2) is 24.3 Å². The highest BCUT2D eigenvalue weighted by Crippen LogP contribution is 2.28. The Balaban J connectivity index is 1.73.